The minimum absolute atomic E-state index is 0.740. The van der Waals surface area contributed by atoms with Gasteiger partial charge >= 0.3 is 0 Å². The molecular weight excluding hydrogens is 258 g/mol. The summed E-state index contributed by atoms with van der Waals surface area (Å²) in [7, 11) is 0. The second kappa shape index (κ2) is 6.46. The Bertz CT molecular complexity index is 251. The van der Waals surface area contributed by atoms with Crippen LogP contribution in [0.1, 0.15) is 13.8 Å². The summed E-state index contributed by atoms with van der Waals surface area (Å²) in [5.41, 5.74) is 0. The van der Waals surface area contributed by atoms with E-state index in [0.717, 1.165) is 17.2 Å². The topological polar surface area (TPSA) is 12.9 Å². The molecule has 1 aromatic heterocycles. The summed E-state index contributed by atoms with van der Waals surface area (Å²) in [4.78, 5) is 5.32. The Balaban J connectivity index is 2.40. The summed E-state index contributed by atoms with van der Waals surface area (Å²) >= 11 is 5.48. The fourth-order valence-electron chi connectivity index (χ4n) is 1.05. The SMILES string of the molecule is CC(C)C(CBr)CSc1ccncc1. The maximum absolute atomic E-state index is 4.01. The van der Waals surface area contributed by atoms with Crippen molar-refractivity contribution in [2.45, 2.75) is 18.7 Å². The third-order valence-electron chi connectivity index (χ3n) is 2.25. The number of hydrogen-bond acceptors (Lipinski definition) is 2. The van der Waals surface area contributed by atoms with Crippen LogP contribution in [0.4, 0.5) is 0 Å². The summed E-state index contributed by atoms with van der Waals surface area (Å²) in [6.07, 6.45) is 3.70. The highest BCUT2D eigenvalue weighted by molar-refractivity contribution is 9.09. The maximum atomic E-state index is 4.01. The monoisotopic (exact) mass is 273 g/mol. The van der Waals surface area contributed by atoms with Crippen LogP contribution in [0.25, 0.3) is 0 Å². The molecule has 14 heavy (non-hydrogen) atoms. The first kappa shape index (κ1) is 12.1. The Morgan fingerprint density at radius 3 is 2.50 bits per heavy atom. The van der Waals surface area contributed by atoms with E-state index in [1.807, 2.05) is 24.2 Å². The van der Waals surface area contributed by atoms with Crippen molar-refractivity contribution in [1.29, 1.82) is 0 Å². The molecule has 0 fully saturated rings. The first-order valence-corrected chi connectivity index (χ1v) is 6.93. The number of nitrogens with zero attached hydrogens (tertiary/aromatic N) is 1. The van der Waals surface area contributed by atoms with Crippen LogP contribution in [-0.2, 0) is 0 Å². The number of halogens is 1. The van der Waals surface area contributed by atoms with Gasteiger partial charge in [0.2, 0.25) is 0 Å². The minimum Gasteiger partial charge on any atom is -0.265 e. The van der Waals surface area contributed by atoms with E-state index in [4.69, 9.17) is 0 Å². The van der Waals surface area contributed by atoms with Crippen LogP contribution in [0.5, 0.6) is 0 Å². The van der Waals surface area contributed by atoms with Crippen LogP contribution in [0, 0.1) is 11.8 Å². The lowest BCUT2D eigenvalue weighted by atomic mass is 10.0. The van der Waals surface area contributed by atoms with E-state index >= 15 is 0 Å². The second-order valence-electron chi connectivity index (χ2n) is 3.65. The Morgan fingerprint density at radius 2 is 2.00 bits per heavy atom. The Kier molecular flexibility index (Phi) is 5.56. The molecule has 1 rings (SSSR count). The molecule has 78 valence electrons. The average molecular weight is 274 g/mol. The molecule has 1 unspecified atom stereocenters. The van der Waals surface area contributed by atoms with Gasteiger partial charge in [-0.15, -0.1) is 11.8 Å². The third kappa shape index (κ3) is 4.01. The molecule has 3 heteroatoms. The fourth-order valence-corrected chi connectivity index (χ4v) is 3.56. The van der Waals surface area contributed by atoms with E-state index in [1.54, 1.807) is 0 Å². The van der Waals surface area contributed by atoms with Crippen molar-refractivity contribution in [3.05, 3.63) is 24.5 Å². The number of alkyl halides is 1. The third-order valence-corrected chi connectivity index (χ3v) is 4.29. The molecule has 0 N–H and O–H groups in total. The molecular formula is C11H16BrNS. The first-order chi connectivity index (χ1) is 6.74. The molecule has 0 radical (unpaired) electrons. The Labute approximate surface area is 98.8 Å². The molecule has 0 saturated carbocycles. The van der Waals surface area contributed by atoms with Gasteiger partial charge in [0.25, 0.3) is 0 Å². The zero-order valence-electron chi connectivity index (χ0n) is 8.61. The van der Waals surface area contributed by atoms with Gasteiger partial charge in [-0.05, 0) is 24.0 Å². The largest absolute Gasteiger partial charge is 0.265 e. The lowest BCUT2D eigenvalue weighted by molar-refractivity contribution is 0.474. The number of rotatable bonds is 5. The van der Waals surface area contributed by atoms with Gasteiger partial charge in [0.05, 0.1) is 0 Å². The van der Waals surface area contributed by atoms with Gasteiger partial charge in [-0.25, -0.2) is 0 Å². The highest BCUT2D eigenvalue weighted by atomic mass is 79.9. The van der Waals surface area contributed by atoms with E-state index < -0.39 is 0 Å². The van der Waals surface area contributed by atoms with Crippen molar-refractivity contribution in [3.8, 4) is 0 Å². The van der Waals surface area contributed by atoms with E-state index in [-0.39, 0.29) is 0 Å². The number of pyridine rings is 1. The Morgan fingerprint density at radius 1 is 1.36 bits per heavy atom. The van der Waals surface area contributed by atoms with Gasteiger partial charge in [0, 0.05) is 28.4 Å². The van der Waals surface area contributed by atoms with Crippen molar-refractivity contribution in [2.24, 2.45) is 11.8 Å². The molecule has 0 bridgehead atoms. The van der Waals surface area contributed by atoms with Crippen molar-refractivity contribution in [1.82, 2.24) is 4.98 Å². The fraction of sp³-hybridized carbons (Fsp3) is 0.545. The first-order valence-electron chi connectivity index (χ1n) is 4.83. The van der Waals surface area contributed by atoms with Gasteiger partial charge in [0.1, 0.15) is 0 Å². The second-order valence-corrected chi connectivity index (χ2v) is 5.39. The quantitative estimate of drug-likeness (QED) is 0.597. The zero-order valence-corrected chi connectivity index (χ0v) is 11.0. The van der Waals surface area contributed by atoms with Gasteiger partial charge in [-0.1, -0.05) is 29.8 Å². The van der Waals surface area contributed by atoms with Crippen LogP contribution in [0.2, 0.25) is 0 Å². The maximum Gasteiger partial charge on any atom is 0.0278 e. The lowest BCUT2D eigenvalue weighted by Gasteiger charge is -2.17. The molecule has 0 spiro atoms. The molecule has 0 aromatic carbocycles. The van der Waals surface area contributed by atoms with Crippen LogP contribution in [0.15, 0.2) is 29.4 Å². The van der Waals surface area contributed by atoms with Gasteiger partial charge in [-0.2, -0.15) is 0 Å². The normalized spacial score (nSPS) is 13.1. The minimum atomic E-state index is 0.740. The lowest BCUT2D eigenvalue weighted by Crippen LogP contribution is -2.12. The van der Waals surface area contributed by atoms with Gasteiger partial charge < -0.3 is 0 Å². The zero-order chi connectivity index (χ0) is 10.4. The smallest absolute Gasteiger partial charge is 0.0278 e. The van der Waals surface area contributed by atoms with Crippen LogP contribution in [0.3, 0.4) is 0 Å². The van der Waals surface area contributed by atoms with E-state index in [2.05, 4.69) is 46.9 Å². The number of aromatic nitrogens is 1. The van der Waals surface area contributed by atoms with Crippen LogP contribution >= 0.6 is 27.7 Å². The number of thioether (sulfide) groups is 1. The number of hydrogen-bond donors (Lipinski definition) is 0. The summed E-state index contributed by atoms with van der Waals surface area (Å²) in [6, 6.07) is 4.13. The van der Waals surface area contributed by atoms with Crippen molar-refractivity contribution in [2.75, 3.05) is 11.1 Å². The molecule has 1 heterocycles. The van der Waals surface area contributed by atoms with E-state index in [1.165, 1.54) is 10.6 Å². The van der Waals surface area contributed by atoms with Crippen molar-refractivity contribution in [3.63, 3.8) is 0 Å². The molecule has 1 atom stereocenters. The van der Waals surface area contributed by atoms with Crippen molar-refractivity contribution >= 4 is 27.7 Å². The van der Waals surface area contributed by atoms with Gasteiger partial charge in [0.15, 0.2) is 0 Å². The van der Waals surface area contributed by atoms with E-state index in [9.17, 15) is 0 Å². The summed E-state index contributed by atoms with van der Waals surface area (Å²) in [5.74, 6) is 2.66. The highest BCUT2D eigenvalue weighted by Gasteiger charge is 2.11. The summed E-state index contributed by atoms with van der Waals surface area (Å²) in [6.45, 7) is 4.55. The van der Waals surface area contributed by atoms with Crippen LogP contribution < -0.4 is 0 Å². The molecule has 0 saturated heterocycles. The molecule has 0 aliphatic heterocycles. The molecule has 1 nitrogen and oxygen atoms in total. The van der Waals surface area contributed by atoms with Gasteiger partial charge in [-0.3, -0.25) is 4.98 Å². The highest BCUT2D eigenvalue weighted by Crippen LogP contribution is 2.24. The Hall–Kier alpha value is -0.0200. The molecule has 0 aliphatic rings. The predicted molar refractivity (Wildman–Crippen MR) is 67.1 cm³/mol. The predicted octanol–water partition coefficient (Wildman–Crippen LogP) is 3.84. The average Bonchev–Trinajstić information content (AvgIpc) is 2.20. The molecule has 0 amide bonds. The van der Waals surface area contributed by atoms with Crippen molar-refractivity contribution < 1.29 is 0 Å². The van der Waals surface area contributed by atoms with E-state index in [0.29, 0.717) is 0 Å². The summed E-state index contributed by atoms with van der Waals surface area (Å²) < 4.78 is 0. The standard InChI is InChI=1S/C11H16BrNS/c1-9(2)10(7-12)8-14-11-3-5-13-6-4-11/h3-6,9-10H,7-8H2,1-2H3. The summed E-state index contributed by atoms with van der Waals surface area (Å²) in [5, 5.41) is 1.09. The molecule has 1 aromatic rings. The van der Waals surface area contributed by atoms with Crippen LogP contribution in [-0.4, -0.2) is 16.1 Å². The molecule has 0 aliphatic carbocycles.